The van der Waals surface area contributed by atoms with E-state index in [0.29, 0.717) is 0 Å². The first kappa shape index (κ1) is 16.9. The minimum atomic E-state index is -1.06. The Balaban J connectivity index is 1.72. The van der Waals surface area contributed by atoms with Crippen LogP contribution in [0.3, 0.4) is 0 Å². The van der Waals surface area contributed by atoms with Crippen molar-refractivity contribution in [1.29, 1.82) is 0 Å². The summed E-state index contributed by atoms with van der Waals surface area (Å²) in [5.74, 6) is 0. The maximum absolute atomic E-state index is 2.99. The molecule has 0 saturated carbocycles. The molecule has 3 heterocycles. The highest BCUT2D eigenvalue weighted by Gasteiger charge is 2.34. The summed E-state index contributed by atoms with van der Waals surface area (Å²) in [6, 6.07) is 0. The average molecular weight is 324 g/mol. The Labute approximate surface area is 139 Å². The molecule has 0 amide bonds. The molecule has 0 atom stereocenters. The first-order valence-corrected chi connectivity index (χ1v) is 11.7. The number of hydrogen-bond donors (Lipinski definition) is 0. The fraction of sp³-hybridized carbons (Fsp3) is 1.00. The number of rotatable bonds is 3. The van der Waals surface area contributed by atoms with E-state index in [-0.39, 0.29) is 0 Å². The first-order valence-electron chi connectivity index (χ1n) is 10.2. The summed E-state index contributed by atoms with van der Waals surface area (Å²) in [6.07, 6.45) is 17.5. The minimum absolute atomic E-state index is 1.06. The molecule has 3 aliphatic rings. The molecule has 0 bridgehead atoms. The monoisotopic (exact) mass is 323 g/mol. The third-order valence-electron chi connectivity index (χ3n) is 5.90. The highest BCUT2D eigenvalue weighted by molar-refractivity contribution is 6.49. The van der Waals surface area contributed by atoms with E-state index in [9.17, 15) is 0 Å². The van der Waals surface area contributed by atoms with Crippen LogP contribution >= 0.6 is 0 Å². The van der Waals surface area contributed by atoms with Crippen molar-refractivity contribution in [2.75, 3.05) is 39.3 Å². The fourth-order valence-electron chi connectivity index (χ4n) is 4.67. The van der Waals surface area contributed by atoms with E-state index in [1.54, 1.807) is 0 Å². The standard InChI is InChI=1S/C18H37N3Si/c1-2-8-14-19(13-7-1)22(20-15-9-3-4-10-16-20)21-17-11-5-6-12-18-21/h22H,1-18H2. The van der Waals surface area contributed by atoms with Crippen LogP contribution in [-0.2, 0) is 0 Å². The Bertz CT molecular complexity index is 241. The van der Waals surface area contributed by atoms with Crippen LogP contribution in [0.1, 0.15) is 77.0 Å². The number of hydrogen-bond acceptors (Lipinski definition) is 3. The lowest BCUT2D eigenvalue weighted by Crippen LogP contribution is -2.63. The summed E-state index contributed by atoms with van der Waals surface area (Å²) in [6.45, 7) is 8.36. The lowest BCUT2D eigenvalue weighted by molar-refractivity contribution is 0.273. The van der Waals surface area contributed by atoms with Crippen molar-refractivity contribution in [3.63, 3.8) is 0 Å². The molecule has 0 N–H and O–H groups in total. The summed E-state index contributed by atoms with van der Waals surface area (Å²) in [4.78, 5) is 0. The van der Waals surface area contributed by atoms with Crippen molar-refractivity contribution in [3.8, 4) is 0 Å². The van der Waals surface area contributed by atoms with E-state index in [2.05, 4.69) is 13.7 Å². The molecule has 3 rings (SSSR count). The molecule has 0 aromatic carbocycles. The van der Waals surface area contributed by atoms with Gasteiger partial charge in [-0.25, -0.2) is 0 Å². The van der Waals surface area contributed by atoms with Crippen LogP contribution in [0.5, 0.6) is 0 Å². The predicted molar refractivity (Wildman–Crippen MR) is 97.3 cm³/mol. The van der Waals surface area contributed by atoms with Gasteiger partial charge in [-0.2, -0.15) is 0 Å². The maximum atomic E-state index is 2.99. The molecule has 0 aromatic rings. The van der Waals surface area contributed by atoms with Crippen LogP contribution in [0.4, 0.5) is 0 Å². The zero-order chi connectivity index (χ0) is 15.0. The van der Waals surface area contributed by atoms with Crippen molar-refractivity contribution < 1.29 is 0 Å². The predicted octanol–water partition coefficient (Wildman–Crippen LogP) is 3.33. The molecule has 0 radical (unpaired) electrons. The number of nitrogens with zero attached hydrogens (tertiary/aromatic N) is 3. The van der Waals surface area contributed by atoms with Crippen LogP contribution < -0.4 is 0 Å². The summed E-state index contributed by atoms with van der Waals surface area (Å²) >= 11 is 0. The van der Waals surface area contributed by atoms with Gasteiger partial charge in [-0.15, -0.1) is 0 Å². The topological polar surface area (TPSA) is 9.72 Å². The third-order valence-corrected chi connectivity index (χ3v) is 9.41. The summed E-state index contributed by atoms with van der Waals surface area (Å²) in [5.41, 5.74) is 0. The van der Waals surface area contributed by atoms with Crippen LogP contribution in [0.25, 0.3) is 0 Å². The van der Waals surface area contributed by atoms with Crippen molar-refractivity contribution >= 4 is 9.28 Å². The first-order chi connectivity index (χ1) is 10.9. The van der Waals surface area contributed by atoms with Gasteiger partial charge in [-0.05, 0) is 77.8 Å². The SMILES string of the molecule is C1CCCN([SiH](N2CCCCCC2)N2CCCCCC2)CC1. The van der Waals surface area contributed by atoms with Gasteiger partial charge in [0, 0.05) is 0 Å². The Morgan fingerprint density at radius 1 is 0.318 bits per heavy atom. The summed E-state index contributed by atoms with van der Waals surface area (Å²) < 4.78 is 8.97. The van der Waals surface area contributed by atoms with Crippen molar-refractivity contribution in [2.24, 2.45) is 0 Å². The van der Waals surface area contributed by atoms with E-state index >= 15 is 0 Å². The Morgan fingerprint density at radius 2 is 0.545 bits per heavy atom. The highest BCUT2D eigenvalue weighted by Crippen LogP contribution is 2.21. The van der Waals surface area contributed by atoms with Gasteiger partial charge in [0.2, 0.25) is 0 Å². The van der Waals surface area contributed by atoms with E-state index in [4.69, 9.17) is 0 Å². The van der Waals surface area contributed by atoms with E-state index in [1.807, 2.05) is 0 Å². The van der Waals surface area contributed by atoms with Crippen LogP contribution in [0.2, 0.25) is 0 Å². The van der Waals surface area contributed by atoms with Crippen molar-refractivity contribution in [3.05, 3.63) is 0 Å². The molecule has 0 unspecified atom stereocenters. The van der Waals surface area contributed by atoms with Gasteiger partial charge >= 0.3 is 0 Å². The van der Waals surface area contributed by atoms with E-state index < -0.39 is 9.28 Å². The highest BCUT2D eigenvalue weighted by atomic mass is 28.3. The molecular formula is C18H37N3Si. The second-order valence-electron chi connectivity index (χ2n) is 7.70. The second-order valence-corrected chi connectivity index (χ2v) is 10.6. The molecule has 0 aliphatic carbocycles. The average Bonchev–Trinajstić information content (AvgIpc) is 3.04. The van der Waals surface area contributed by atoms with E-state index in [1.165, 1.54) is 116 Å². The van der Waals surface area contributed by atoms with Gasteiger partial charge in [0.25, 0.3) is 9.28 Å². The second kappa shape index (κ2) is 9.41. The zero-order valence-electron chi connectivity index (χ0n) is 14.6. The van der Waals surface area contributed by atoms with Gasteiger partial charge in [0.1, 0.15) is 0 Å². The Hall–Kier alpha value is 0.0969. The lowest BCUT2D eigenvalue weighted by atomic mass is 10.2. The Morgan fingerprint density at radius 3 is 0.773 bits per heavy atom. The minimum Gasteiger partial charge on any atom is -0.302 e. The fourth-order valence-corrected chi connectivity index (χ4v) is 8.54. The van der Waals surface area contributed by atoms with Gasteiger partial charge in [0.05, 0.1) is 0 Å². The quantitative estimate of drug-likeness (QED) is 0.738. The molecule has 128 valence electrons. The van der Waals surface area contributed by atoms with Gasteiger partial charge in [0.15, 0.2) is 0 Å². The van der Waals surface area contributed by atoms with Crippen LogP contribution in [0.15, 0.2) is 0 Å². The lowest BCUT2D eigenvalue weighted by Gasteiger charge is -2.43. The van der Waals surface area contributed by atoms with E-state index in [0.717, 1.165) is 0 Å². The zero-order valence-corrected chi connectivity index (χ0v) is 15.8. The van der Waals surface area contributed by atoms with Gasteiger partial charge in [-0.1, -0.05) is 38.5 Å². The van der Waals surface area contributed by atoms with Gasteiger partial charge < -0.3 is 13.7 Å². The largest absolute Gasteiger partial charge is 0.302 e. The molecule has 4 heteroatoms. The molecular weight excluding hydrogens is 286 g/mol. The molecule has 3 fully saturated rings. The smallest absolute Gasteiger partial charge is 0.272 e. The van der Waals surface area contributed by atoms with Gasteiger partial charge in [-0.3, -0.25) is 0 Å². The third kappa shape index (κ3) is 4.79. The van der Waals surface area contributed by atoms with Crippen molar-refractivity contribution in [1.82, 2.24) is 13.7 Å². The molecule has 3 aliphatic heterocycles. The van der Waals surface area contributed by atoms with Crippen molar-refractivity contribution in [2.45, 2.75) is 77.0 Å². The normalized spacial score (nSPS) is 28.2. The molecule has 22 heavy (non-hydrogen) atoms. The molecule has 0 aromatic heterocycles. The summed E-state index contributed by atoms with van der Waals surface area (Å²) in [5, 5.41) is 0. The molecule has 3 saturated heterocycles. The summed E-state index contributed by atoms with van der Waals surface area (Å²) in [7, 11) is -1.06. The molecule has 0 spiro atoms. The van der Waals surface area contributed by atoms with Crippen LogP contribution in [-0.4, -0.2) is 62.2 Å². The Kier molecular flexibility index (Phi) is 7.24. The molecule has 3 nitrogen and oxygen atoms in total. The van der Waals surface area contributed by atoms with Crippen LogP contribution in [0, 0.1) is 0 Å². The maximum Gasteiger partial charge on any atom is 0.272 e.